The molecular weight excluding hydrogens is 262 g/mol. The Kier molecular flexibility index (Phi) is 8.26. The molecule has 1 aromatic carbocycles. The number of carboxylic acid groups (broad SMARTS) is 1. The molecule has 19 heavy (non-hydrogen) atoms. The largest absolute Gasteiger partial charge is 0.481 e. The Labute approximate surface area is 120 Å². The molecule has 0 aliphatic heterocycles. The average Bonchev–Trinajstić information content (AvgIpc) is 2.38. The van der Waals surface area contributed by atoms with Crippen molar-refractivity contribution in [3.05, 3.63) is 34.9 Å². The second-order valence-electron chi connectivity index (χ2n) is 4.71. The number of carboxylic acids is 1. The zero-order chi connectivity index (χ0) is 13.9. The van der Waals surface area contributed by atoms with Gasteiger partial charge in [-0.05, 0) is 37.1 Å². The zero-order valence-corrected chi connectivity index (χ0v) is 12.0. The average molecular weight is 284 g/mol. The number of aliphatic carboxylic acids is 1. The fourth-order valence-electron chi connectivity index (χ4n) is 1.89. The monoisotopic (exact) mass is 283 g/mol. The van der Waals surface area contributed by atoms with E-state index in [1.807, 2.05) is 24.3 Å². The summed E-state index contributed by atoms with van der Waals surface area (Å²) in [4.78, 5) is 10.3. The van der Waals surface area contributed by atoms with Crippen LogP contribution in [0.1, 0.15) is 44.1 Å². The number of hydrogen-bond donors (Lipinski definition) is 2. The van der Waals surface area contributed by atoms with E-state index in [1.165, 1.54) is 5.56 Å². The van der Waals surface area contributed by atoms with Crippen LogP contribution in [0.3, 0.4) is 0 Å². The van der Waals surface area contributed by atoms with Crippen molar-refractivity contribution in [2.45, 2.75) is 45.1 Å². The number of halogens is 1. The molecule has 0 radical (unpaired) electrons. The minimum absolute atomic E-state index is 0.300. The summed E-state index contributed by atoms with van der Waals surface area (Å²) >= 11 is 5.82. The highest BCUT2D eigenvalue weighted by atomic mass is 35.5. The lowest BCUT2D eigenvalue weighted by molar-refractivity contribution is -0.137. The standard InChI is InChI=1S/C15H22ClNO2/c16-14-9-7-13(8-10-14)12-17-11-5-3-1-2-4-6-15(18)19/h7-10,17H,1-6,11-12H2,(H,18,19). The fourth-order valence-corrected chi connectivity index (χ4v) is 2.02. The van der Waals surface area contributed by atoms with E-state index in [-0.39, 0.29) is 0 Å². The van der Waals surface area contributed by atoms with Crippen molar-refractivity contribution in [2.75, 3.05) is 6.54 Å². The van der Waals surface area contributed by atoms with E-state index in [4.69, 9.17) is 16.7 Å². The van der Waals surface area contributed by atoms with Crippen molar-refractivity contribution in [3.8, 4) is 0 Å². The molecule has 0 saturated carbocycles. The maximum Gasteiger partial charge on any atom is 0.303 e. The quantitative estimate of drug-likeness (QED) is 0.641. The van der Waals surface area contributed by atoms with Crippen molar-refractivity contribution in [3.63, 3.8) is 0 Å². The molecule has 4 heteroatoms. The first kappa shape index (κ1) is 16.0. The lowest BCUT2D eigenvalue weighted by Crippen LogP contribution is -2.14. The van der Waals surface area contributed by atoms with E-state index in [1.54, 1.807) is 0 Å². The summed E-state index contributed by atoms with van der Waals surface area (Å²) in [5.74, 6) is -0.690. The molecule has 0 fully saturated rings. The van der Waals surface area contributed by atoms with Crippen molar-refractivity contribution >= 4 is 17.6 Å². The normalized spacial score (nSPS) is 10.6. The van der Waals surface area contributed by atoms with Crippen molar-refractivity contribution in [1.29, 1.82) is 0 Å². The Hall–Kier alpha value is -1.06. The topological polar surface area (TPSA) is 49.3 Å². The Morgan fingerprint density at radius 2 is 1.68 bits per heavy atom. The van der Waals surface area contributed by atoms with Gasteiger partial charge >= 0.3 is 5.97 Å². The van der Waals surface area contributed by atoms with Crippen LogP contribution in [-0.2, 0) is 11.3 Å². The highest BCUT2D eigenvalue weighted by molar-refractivity contribution is 6.30. The molecule has 0 saturated heterocycles. The minimum atomic E-state index is -0.690. The third-order valence-electron chi connectivity index (χ3n) is 2.99. The van der Waals surface area contributed by atoms with Crippen LogP contribution in [0.5, 0.6) is 0 Å². The smallest absolute Gasteiger partial charge is 0.303 e. The summed E-state index contributed by atoms with van der Waals surface area (Å²) in [6.45, 7) is 1.87. The molecule has 0 bridgehead atoms. The summed E-state index contributed by atoms with van der Waals surface area (Å²) in [6.07, 6.45) is 5.54. The summed E-state index contributed by atoms with van der Waals surface area (Å²) in [7, 11) is 0. The van der Waals surface area contributed by atoms with E-state index < -0.39 is 5.97 Å². The van der Waals surface area contributed by atoms with Crippen LogP contribution in [0.15, 0.2) is 24.3 Å². The zero-order valence-electron chi connectivity index (χ0n) is 11.2. The number of unbranched alkanes of at least 4 members (excludes halogenated alkanes) is 4. The maximum absolute atomic E-state index is 10.3. The van der Waals surface area contributed by atoms with Gasteiger partial charge in [-0.1, -0.05) is 43.0 Å². The van der Waals surface area contributed by atoms with Gasteiger partial charge in [0.25, 0.3) is 0 Å². The summed E-state index contributed by atoms with van der Waals surface area (Å²) in [6, 6.07) is 7.87. The lowest BCUT2D eigenvalue weighted by Gasteiger charge is -2.05. The molecule has 2 N–H and O–H groups in total. The second kappa shape index (κ2) is 9.82. The van der Waals surface area contributed by atoms with Crippen LogP contribution in [0.4, 0.5) is 0 Å². The fraction of sp³-hybridized carbons (Fsp3) is 0.533. The van der Waals surface area contributed by atoms with Crippen molar-refractivity contribution in [2.24, 2.45) is 0 Å². The van der Waals surface area contributed by atoms with Gasteiger partial charge in [-0.2, -0.15) is 0 Å². The first-order valence-corrected chi connectivity index (χ1v) is 7.23. The molecule has 0 aliphatic carbocycles. The second-order valence-corrected chi connectivity index (χ2v) is 5.15. The lowest BCUT2D eigenvalue weighted by atomic mass is 10.1. The van der Waals surface area contributed by atoms with Gasteiger partial charge in [0, 0.05) is 18.0 Å². The predicted molar refractivity (Wildman–Crippen MR) is 78.5 cm³/mol. The number of hydrogen-bond acceptors (Lipinski definition) is 2. The molecule has 0 atom stereocenters. The molecule has 106 valence electrons. The van der Waals surface area contributed by atoms with Gasteiger partial charge in [0.15, 0.2) is 0 Å². The molecule has 0 unspecified atom stereocenters. The highest BCUT2D eigenvalue weighted by Crippen LogP contribution is 2.09. The number of rotatable bonds is 10. The van der Waals surface area contributed by atoms with Gasteiger partial charge in [0.1, 0.15) is 0 Å². The molecule has 0 heterocycles. The van der Waals surface area contributed by atoms with Crippen LogP contribution in [-0.4, -0.2) is 17.6 Å². The van der Waals surface area contributed by atoms with Gasteiger partial charge in [0.05, 0.1) is 0 Å². The Morgan fingerprint density at radius 3 is 2.37 bits per heavy atom. The van der Waals surface area contributed by atoms with E-state index in [0.717, 1.165) is 50.2 Å². The molecular formula is C15H22ClNO2. The Bertz CT molecular complexity index is 365. The third-order valence-corrected chi connectivity index (χ3v) is 3.24. The Morgan fingerprint density at radius 1 is 1.05 bits per heavy atom. The van der Waals surface area contributed by atoms with E-state index in [0.29, 0.717) is 6.42 Å². The molecule has 0 spiro atoms. The van der Waals surface area contributed by atoms with Crippen LogP contribution in [0, 0.1) is 0 Å². The summed E-state index contributed by atoms with van der Waals surface area (Å²) < 4.78 is 0. The summed E-state index contributed by atoms with van der Waals surface area (Å²) in [5.41, 5.74) is 1.24. The highest BCUT2D eigenvalue weighted by Gasteiger charge is 1.97. The van der Waals surface area contributed by atoms with E-state index in [9.17, 15) is 4.79 Å². The number of benzene rings is 1. The van der Waals surface area contributed by atoms with Gasteiger partial charge < -0.3 is 10.4 Å². The number of nitrogens with one attached hydrogen (secondary N) is 1. The molecule has 0 aliphatic rings. The number of carbonyl (C=O) groups is 1. The Balaban J connectivity index is 1.91. The first-order chi connectivity index (χ1) is 9.18. The van der Waals surface area contributed by atoms with E-state index >= 15 is 0 Å². The van der Waals surface area contributed by atoms with Gasteiger partial charge in [0.2, 0.25) is 0 Å². The summed E-state index contributed by atoms with van der Waals surface area (Å²) in [5, 5.41) is 12.7. The molecule has 0 amide bonds. The molecule has 0 aromatic heterocycles. The van der Waals surface area contributed by atoms with Crippen molar-refractivity contribution in [1.82, 2.24) is 5.32 Å². The van der Waals surface area contributed by atoms with Crippen LogP contribution >= 0.6 is 11.6 Å². The van der Waals surface area contributed by atoms with E-state index in [2.05, 4.69) is 5.32 Å². The van der Waals surface area contributed by atoms with Crippen molar-refractivity contribution < 1.29 is 9.90 Å². The van der Waals surface area contributed by atoms with Gasteiger partial charge in [-0.3, -0.25) is 4.79 Å². The van der Waals surface area contributed by atoms with Gasteiger partial charge in [-0.15, -0.1) is 0 Å². The third kappa shape index (κ3) is 8.62. The van der Waals surface area contributed by atoms with Gasteiger partial charge in [-0.25, -0.2) is 0 Å². The molecule has 3 nitrogen and oxygen atoms in total. The first-order valence-electron chi connectivity index (χ1n) is 6.85. The molecule has 1 aromatic rings. The minimum Gasteiger partial charge on any atom is -0.481 e. The van der Waals surface area contributed by atoms with Crippen LogP contribution in [0.2, 0.25) is 5.02 Å². The van der Waals surface area contributed by atoms with Crippen LogP contribution < -0.4 is 5.32 Å². The maximum atomic E-state index is 10.3. The SMILES string of the molecule is O=C(O)CCCCCCCNCc1ccc(Cl)cc1. The van der Waals surface area contributed by atoms with Crippen LogP contribution in [0.25, 0.3) is 0 Å². The molecule has 1 rings (SSSR count). The predicted octanol–water partition coefficient (Wildman–Crippen LogP) is 3.85.